The van der Waals surface area contributed by atoms with E-state index < -0.39 is 0 Å². The monoisotopic (exact) mass is 495 g/mol. The van der Waals surface area contributed by atoms with Crippen molar-refractivity contribution in [2.75, 3.05) is 50.7 Å². The number of hydrogen-bond acceptors (Lipinski definition) is 4. The molecule has 0 saturated carbocycles. The van der Waals surface area contributed by atoms with Crippen LogP contribution in [-0.2, 0) is 0 Å². The number of aromatic amines is 1. The van der Waals surface area contributed by atoms with Gasteiger partial charge in [-0.25, -0.2) is 0 Å². The van der Waals surface area contributed by atoms with Crippen molar-refractivity contribution in [3.8, 4) is 11.3 Å². The third-order valence-corrected chi connectivity index (χ3v) is 7.34. The molecule has 1 saturated heterocycles. The van der Waals surface area contributed by atoms with E-state index in [1.165, 1.54) is 11.1 Å². The fraction of sp³-hybridized carbons (Fsp3) is 0.355. The van der Waals surface area contributed by atoms with Gasteiger partial charge in [-0.2, -0.15) is 0 Å². The number of benzene rings is 2. The van der Waals surface area contributed by atoms with E-state index >= 15 is 0 Å². The van der Waals surface area contributed by atoms with Crippen LogP contribution in [0.3, 0.4) is 0 Å². The number of H-pyrrole nitrogens is 1. The standard InChI is InChI=1S/C31H37N5O/c1-3-16-36(31(37)27-23-28(33-24(27)2)25-10-5-4-6-11-25)18-9-17-34-19-21-35(22-20-34)29-14-7-12-26-13-8-15-32-30(26)29/h4-8,10-15,23,33H,3,9,16-22H2,1-2H3. The van der Waals surface area contributed by atoms with Gasteiger partial charge in [-0.3, -0.25) is 14.7 Å². The third-order valence-electron chi connectivity index (χ3n) is 7.34. The minimum atomic E-state index is 0.131. The lowest BCUT2D eigenvalue weighted by Crippen LogP contribution is -2.47. The van der Waals surface area contributed by atoms with Crippen molar-refractivity contribution in [2.24, 2.45) is 0 Å². The van der Waals surface area contributed by atoms with Crippen LogP contribution in [0.1, 0.15) is 35.8 Å². The van der Waals surface area contributed by atoms with Gasteiger partial charge in [0.15, 0.2) is 0 Å². The average molecular weight is 496 g/mol. The Morgan fingerprint density at radius 1 is 0.973 bits per heavy atom. The van der Waals surface area contributed by atoms with Gasteiger partial charge < -0.3 is 14.8 Å². The molecule has 192 valence electrons. The Balaban J connectivity index is 1.16. The normalized spacial score (nSPS) is 14.3. The fourth-order valence-corrected chi connectivity index (χ4v) is 5.35. The highest BCUT2D eigenvalue weighted by atomic mass is 16.2. The number of fused-ring (bicyclic) bond motifs is 1. The Kier molecular flexibility index (Phi) is 7.85. The SMILES string of the molecule is CCCN(CCCN1CCN(c2cccc3cccnc23)CC1)C(=O)c1cc(-c2ccccc2)[nH]c1C. The lowest BCUT2D eigenvalue weighted by molar-refractivity contribution is 0.0746. The van der Waals surface area contributed by atoms with Crippen LogP contribution in [0.25, 0.3) is 22.2 Å². The van der Waals surface area contributed by atoms with Crippen molar-refractivity contribution in [3.05, 3.63) is 84.2 Å². The minimum absolute atomic E-state index is 0.131. The van der Waals surface area contributed by atoms with E-state index in [9.17, 15) is 4.79 Å². The van der Waals surface area contributed by atoms with Gasteiger partial charge in [-0.15, -0.1) is 0 Å². The first-order chi connectivity index (χ1) is 18.1. The third kappa shape index (κ3) is 5.70. The second-order valence-corrected chi connectivity index (χ2v) is 9.91. The second kappa shape index (κ2) is 11.6. The molecule has 1 aliphatic heterocycles. The largest absolute Gasteiger partial charge is 0.367 e. The number of nitrogens with one attached hydrogen (secondary N) is 1. The molecule has 4 aromatic rings. The van der Waals surface area contributed by atoms with Gasteiger partial charge >= 0.3 is 0 Å². The number of hydrogen-bond donors (Lipinski definition) is 1. The zero-order valence-electron chi connectivity index (χ0n) is 22.0. The molecule has 0 atom stereocenters. The molecule has 6 nitrogen and oxygen atoms in total. The molecule has 2 aromatic heterocycles. The smallest absolute Gasteiger partial charge is 0.255 e. The van der Waals surface area contributed by atoms with Crippen LogP contribution in [0.5, 0.6) is 0 Å². The summed E-state index contributed by atoms with van der Waals surface area (Å²) in [7, 11) is 0. The van der Waals surface area contributed by atoms with Crippen LogP contribution in [0, 0.1) is 6.92 Å². The van der Waals surface area contributed by atoms with E-state index in [1.807, 2.05) is 48.4 Å². The number of aromatic nitrogens is 2. The van der Waals surface area contributed by atoms with E-state index in [2.05, 4.69) is 63.1 Å². The lowest BCUT2D eigenvalue weighted by Gasteiger charge is -2.36. The summed E-state index contributed by atoms with van der Waals surface area (Å²) in [5.74, 6) is 0.131. The predicted molar refractivity (Wildman–Crippen MR) is 152 cm³/mol. The number of para-hydroxylation sites is 1. The van der Waals surface area contributed by atoms with Gasteiger partial charge in [0.05, 0.1) is 16.8 Å². The minimum Gasteiger partial charge on any atom is -0.367 e. The van der Waals surface area contributed by atoms with E-state index in [-0.39, 0.29) is 5.91 Å². The number of piperazine rings is 1. The van der Waals surface area contributed by atoms with Crippen LogP contribution in [0.4, 0.5) is 5.69 Å². The summed E-state index contributed by atoms with van der Waals surface area (Å²) < 4.78 is 0. The first-order valence-electron chi connectivity index (χ1n) is 13.5. The molecular formula is C31H37N5O. The summed E-state index contributed by atoms with van der Waals surface area (Å²) in [5.41, 5.74) is 6.13. The van der Waals surface area contributed by atoms with Crippen molar-refractivity contribution in [2.45, 2.75) is 26.7 Å². The molecule has 0 bridgehead atoms. The Hall–Kier alpha value is -3.64. The van der Waals surface area contributed by atoms with E-state index in [0.29, 0.717) is 0 Å². The topological polar surface area (TPSA) is 55.5 Å². The maximum atomic E-state index is 13.5. The summed E-state index contributed by atoms with van der Waals surface area (Å²) in [6.07, 6.45) is 3.82. The summed E-state index contributed by atoms with van der Waals surface area (Å²) in [5, 5.41) is 1.19. The van der Waals surface area contributed by atoms with Crippen LogP contribution < -0.4 is 4.90 Å². The molecule has 2 aromatic carbocycles. The number of amides is 1. The quantitative estimate of drug-likeness (QED) is 0.328. The van der Waals surface area contributed by atoms with Gasteiger partial charge in [-0.05, 0) is 50.1 Å². The van der Waals surface area contributed by atoms with Gasteiger partial charge in [0.2, 0.25) is 0 Å². The summed E-state index contributed by atoms with van der Waals surface area (Å²) >= 11 is 0. The number of carbonyl (C=O) groups excluding carboxylic acids is 1. The Morgan fingerprint density at radius 2 is 1.76 bits per heavy atom. The molecule has 0 aliphatic carbocycles. The zero-order valence-corrected chi connectivity index (χ0v) is 22.0. The molecule has 3 heterocycles. The fourth-order valence-electron chi connectivity index (χ4n) is 5.35. The molecule has 6 heteroatoms. The number of nitrogens with zero attached hydrogens (tertiary/aromatic N) is 4. The molecule has 1 aliphatic rings. The van der Waals surface area contributed by atoms with E-state index in [0.717, 1.165) is 86.7 Å². The molecule has 0 radical (unpaired) electrons. The maximum absolute atomic E-state index is 13.5. The van der Waals surface area contributed by atoms with Gasteiger partial charge in [0.25, 0.3) is 5.91 Å². The molecule has 0 unspecified atom stereocenters. The number of pyridine rings is 1. The van der Waals surface area contributed by atoms with Gasteiger partial charge in [-0.1, -0.05) is 55.5 Å². The summed E-state index contributed by atoms with van der Waals surface area (Å²) in [4.78, 5) is 28.5. The molecule has 1 amide bonds. The molecule has 37 heavy (non-hydrogen) atoms. The molecule has 1 fully saturated rings. The van der Waals surface area contributed by atoms with E-state index in [4.69, 9.17) is 0 Å². The maximum Gasteiger partial charge on any atom is 0.255 e. The number of aryl methyl sites for hydroxylation is 1. The van der Waals surface area contributed by atoms with Crippen LogP contribution in [0.2, 0.25) is 0 Å². The molecule has 5 rings (SSSR count). The summed E-state index contributed by atoms with van der Waals surface area (Å²) in [6, 6.07) is 22.8. The Bertz CT molecular complexity index is 1320. The van der Waals surface area contributed by atoms with Crippen LogP contribution >= 0.6 is 0 Å². The van der Waals surface area contributed by atoms with Crippen molar-refractivity contribution >= 4 is 22.5 Å². The number of carbonyl (C=O) groups is 1. The van der Waals surface area contributed by atoms with Crippen LogP contribution in [0.15, 0.2) is 72.9 Å². The first kappa shape index (κ1) is 25.0. The first-order valence-corrected chi connectivity index (χ1v) is 13.5. The van der Waals surface area contributed by atoms with Gasteiger partial charge in [0, 0.05) is 62.2 Å². The molecular weight excluding hydrogens is 458 g/mol. The number of anilines is 1. The van der Waals surface area contributed by atoms with Crippen molar-refractivity contribution in [1.82, 2.24) is 19.8 Å². The second-order valence-electron chi connectivity index (χ2n) is 9.91. The zero-order chi connectivity index (χ0) is 25.6. The van der Waals surface area contributed by atoms with Crippen molar-refractivity contribution in [3.63, 3.8) is 0 Å². The summed E-state index contributed by atoms with van der Waals surface area (Å²) in [6.45, 7) is 10.8. The van der Waals surface area contributed by atoms with E-state index in [1.54, 1.807) is 0 Å². The Labute approximate surface area is 219 Å². The van der Waals surface area contributed by atoms with Gasteiger partial charge in [0.1, 0.15) is 0 Å². The lowest BCUT2D eigenvalue weighted by atomic mass is 10.1. The Morgan fingerprint density at radius 3 is 2.54 bits per heavy atom. The van der Waals surface area contributed by atoms with Crippen LogP contribution in [-0.4, -0.2) is 71.5 Å². The predicted octanol–water partition coefficient (Wildman–Crippen LogP) is 5.60. The molecule has 1 N–H and O–H groups in total. The highest BCUT2D eigenvalue weighted by Crippen LogP contribution is 2.26. The highest BCUT2D eigenvalue weighted by molar-refractivity contribution is 5.97. The average Bonchev–Trinajstić information content (AvgIpc) is 3.34. The van der Waals surface area contributed by atoms with Crippen molar-refractivity contribution in [1.29, 1.82) is 0 Å². The molecule has 0 spiro atoms. The number of rotatable bonds is 9. The van der Waals surface area contributed by atoms with Crippen molar-refractivity contribution < 1.29 is 4.79 Å². The highest BCUT2D eigenvalue weighted by Gasteiger charge is 2.22.